The van der Waals surface area contributed by atoms with E-state index in [1.165, 1.54) is 0 Å². The van der Waals surface area contributed by atoms with Gasteiger partial charge < -0.3 is 10.5 Å². The number of para-hydroxylation sites is 1. The van der Waals surface area contributed by atoms with Crippen LogP contribution in [0.3, 0.4) is 0 Å². The van der Waals surface area contributed by atoms with Gasteiger partial charge in [0.1, 0.15) is 0 Å². The van der Waals surface area contributed by atoms with E-state index in [1.807, 2.05) is 35.0 Å². The van der Waals surface area contributed by atoms with Crippen LogP contribution in [0.4, 0.5) is 0 Å². The third-order valence-corrected chi connectivity index (χ3v) is 2.85. The third-order valence-electron chi connectivity index (χ3n) is 2.85. The van der Waals surface area contributed by atoms with E-state index >= 15 is 0 Å². The zero-order valence-electron chi connectivity index (χ0n) is 8.89. The fourth-order valence-corrected chi connectivity index (χ4v) is 2.05. The highest BCUT2D eigenvalue weighted by molar-refractivity contribution is 5.38. The molecule has 0 unspecified atom stereocenters. The lowest BCUT2D eigenvalue weighted by Gasteiger charge is -2.04. The van der Waals surface area contributed by atoms with E-state index in [1.54, 1.807) is 0 Å². The summed E-state index contributed by atoms with van der Waals surface area (Å²) in [5, 5.41) is 4.53. The molecule has 0 radical (unpaired) electrons. The summed E-state index contributed by atoms with van der Waals surface area (Å²) in [4.78, 5) is 0. The van der Waals surface area contributed by atoms with Gasteiger partial charge in [-0.1, -0.05) is 18.2 Å². The van der Waals surface area contributed by atoms with Crippen LogP contribution in [-0.4, -0.2) is 9.78 Å². The van der Waals surface area contributed by atoms with E-state index in [2.05, 4.69) is 5.10 Å². The van der Waals surface area contributed by atoms with Crippen LogP contribution >= 0.6 is 0 Å². The molecule has 4 nitrogen and oxygen atoms in total. The monoisotopic (exact) mass is 215 g/mol. The van der Waals surface area contributed by atoms with Crippen molar-refractivity contribution >= 4 is 0 Å². The van der Waals surface area contributed by atoms with Gasteiger partial charge in [0.2, 0.25) is 0 Å². The molecule has 1 aromatic heterocycles. The Hall–Kier alpha value is -1.65. The maximum Gasteiger partial charge on any atom is 0.0897 e. The number of nitrogens with two attached hydrogens (primary N) is 1. The van der Waals surface area contributed by atoms with Crippen LogP contribution in [0.2, 0.25) is 0 Å². The Morgan fingerprint density at radius 3 is 2.81 bits per heavy atom. The summed E-state index contributed by atoms with van der Waals surface area (Å²) < 4.78 is 7.38. The molecule has 82 valence electrons. The van der Waals surface area contributed by atoms with Crippen molar-refractivity contribution in [3.63, 3.8) is 0 Å². The number of rotatable bonds is 2. The molecule has 16 heavy (non-hydrogen) atoms. The quantitative estimate of drug-likeness (QED) is 0.823. The summed E-state index contributed by atoms with van der Waals surface area (Å²) in [6, 6.07) is 10.1. The molecule has 3 rings (SSSR count). The fraction of sp³-hybridized carbons (Fsp3) is 0.250. The van der Waals surface area contributed by atoms with Gasteiger partial charge in [-0.25, -0.2) is 4.68 Å². The molecule has 0 fully saturated rings. The fourth-order valence-electron chi connectivity index (χ4n) is 2.05. The maximum absolute atomic E-state index is 5.68. The molecule has 0 spiro atoms. The number of nitrogens with zero attached hydrogens (tertiary/aromatic N) is 2. The topological polar surface area (TPSA) is 53.1 Å². The second-order valence-corrected chi connectivity index (χ2v) is 3.82. The van der Waals surface area contributed by atoms with Gasteiger partial charge in [0.15, 0.2) is 0 Å². The number of ether oxygens (including phenoxy) is 1. The number of benzene rings is 1. The Morgan fingerprint density at radius 2 is 2.06 bits per heavy atom. The van der Waals surface area contributed by atoms with E-state index in [9.17, 15) is 0 Å². The average molecular weight is 215 g/mol. The molecule has 1 aromatic carbocycles. The van der Waals surface area contributed by atoms with Gasteiger partial charge in [-0.3, -0.25) is 0 Å². The molecular weight excluding hydrogens is 202 g/mol. The van der Waals surface area contributed by atoms with Crippen LogP contribution < -0.4 is 5.73 Å². The summed E-state index contributed by atoms with van der Waals surface area (Å²) in [5.74, 6) is 0. The van der Waals surface area contributed by atoms with Crippen molar-refractivity contribution < 1.29 is 4.74 Å². The van der Waals surface area contributed by atoms with Crippen LogP contribution in [0.15, 0.2) is 30.3 Å². The molecule has 0 saturated carbocycles. The number of aromatic nitrogens is 2. The predicted molar refractivity (Wildman–Crippen MR) is 59.9 cm³/mol. The minimum atomic E-state index is 0.464. The van der Waals surface area contributed by atoms with Crippen LogP contribution in [0.25, 0.3) is 5.69 Å². The molecule has 0 amide bonds. The normalized spacial score (nSPS) is 14.1. The van der Waals surface area contributed by atoms with Crippen molar-refractivity contribution in [1.82, 2.24) is 9.78 Å². The second kappa shape index (κ2) is 3.73. The van der Waals surface area contributed by atoms with Crippen LogP contribution in [0, 0.1) is 0 Å². The first-order valence-electron chi connectivity index (χ1n) is 5.33. The van der Waals surface area contributed by atoms with Crippen molar-refractivity contribution in [3.05, 3.63) is 47.3 Å². The van der Waals surface area contributed by atoms with E-state index in [0.29, 0.717) is 19.8 Å². The highest BCUT2D eigenvalue weighted by Gasteiger charge is 2.22. The largest absolute Gasteiger partial charge is 0.370 e. The molecule has 1 aliphatic heterocycles. The van der Waals surface area contributed by atoms with Gasteiger partial charge in [-0.15, -0.1) is 0 Å². The summed E-state index contributed by atoms with van der Waals surface area (Å²) in [6.07, 6.45) is 0. The van der Waals surface area contributed by atoms with Gasteiger partial charge >= 0.3 is 0 Å². The zero-order chi connectivity index (χ0) is 11.0. The molecular formula is C12H13N3O. The van der Waals surface area contributed by atoms with Crippen molar-refractivity contribution in [1.29, 1.82) is 0 Å². The SMILES string of the molecule is NCc1nn(-c2ccccc2)c2c1COC2. The molecule has 4 heteroatoms. The summed E-state index contributed by atoms with van der Waals surface area (Å²) in [6.45, 7) is 1.72. The average Bonchev–Trinajstić information content (AvgIpc) is 2.91. The minimum absolute atomic E-state index is 0.464. The Kier molecular flexibility index (Phi) is 2.23. The maximum atomic E-state index is 5.68. The zero-order valence-corrected chi connectivity index (χ0v) is 8.89. The van der Waals surface area contributed by atoms with Crippen LogP contribution in [-0.2, 0) is 24.5 Å². The molecule has 2 heterocycles. The summed E-state index contributed by atoms with van der Waals surface area (Å²) in [5.41, 5.74) is 9.97. The lowest BCUT2D eigenvalue weighted by molar-refractivity contribution is 0.130. The van der Waals surface area contributed by atoms with E-state index in [4.69, 9.17) is 10.5 Å². The van der Waals surface area contributed by atoms with Gasteiger partial charge in [0.25, 0.3) is 0 Å². The Morgan fingerprint density at radius 1 is 1.25 bits per heavy atom. The van der Waals surface area contributed by atoms with Crippen LogP contribution in [0.1, 0.15) is 17.0 Å². The molecule has 2 N–H and O–H groups in total. The molecule has 0 aliphatic carbocycles. The van der Waals surface area contributed by atoms with E-state index in [-0.39, 0.29) is 0 Å². The Bertz CT molecular complexity index is 504. The van der Waals surface area contributed by atoms with Crippen molar-refractivity contribution in [2.75, 3.05) is 0 Å². The molecule has 2 aromatic rings. The molecule has 0 bridgehead atoms. The van der Waals surface area contributed by atoms with Gasteiger partial charge in [-0.2, -0.15) is 5.10 Å². The smallest absolute Gasteiger partial charge is 0.0897 e. The van der Waals surface area contributed by atoms with Gasteiger partial charge in [0.05, 0.1) is 30.3 Å². The second-order valence-electron chi connectivity index (χ2n) is 3.82. The van der Waals surface area contributed by atoms with Crippen molar-refractivity contribution in [2.45, 2.75) is 19.8 Å². The first-order chi connectivity index (χ1) is 7.90. The summed E-state index contributed by atoms with van der Waals surface area (Å²) >= 11 is 0. The van der Waals surface area contributed by atoms with Crippen molar-refractivity contribution in [2.24, 2.45) is 5.73 Å². The van der Waals surface area contributed by atoms with Gasteiger partial charge in [-0.05, 0) is 12.1 Å². The minimum Gasteiger partial charge on any atom is -0.370 e. The standard InChI is InChI=1S/C12H13N3O/c13-6-11-10-7-16-8-12(10)15(14-11)9-4-2-1-3-5-9/h1-5H,6-8,13H2. The molecule has 0 saturated heterocycles. The number of hydrogen-bond donors (Lipinski definition) is 1. The first-order valence-corrected chi connectivity index (χ1v) is 5.33. The molecule has 1 aliphatic rings. The van der Waals surface area contributed by atoms with Crippen molar-refractivity contribution in [3.8, 4) is 5.69 Å². The highest BCUT2D eigenvalue weighted by atomic mass is 16.5. The Labute approximate surface area is 93.6 Å². The molecule has 0 atom stereocenters. The summed E-state index contributed by atoms with van der Waals surface area (Å²) in [7, 11) is 0. The number of hydrogen-bond acceptors (Lipinski definition) is 3. The highest BCUT2D eigenvalue weighted by Crippen LogP contribution is 2.25. The predicted octanol–water partition coefficient (Wildman–Crippen LogP) is 1.36. The third kappa shape index (κ3) is 1.35. The van der Waals surface area contributed by atoms with E-state index < -0.39 is 0 Å². The van der Waals surface area contributed by atoms with Crippen LogP contribution in [0.5, 0.6) is 0 Å². The number of fused-ring (bicyclic) bond motifs is 1. The lowest BCUT2D eigenvalue weighted by Crippen LogP contribution is -2.04. The van der Waals surface area contributed by atoms with Gasteiger partial charge in [0, 0.05) is 12.1 Å². The lowest BCUT2D eigenvalue weighted by atomic mass is 10.2. The Balaban J connectivity index is 2.15. The van der Waals surface area contributed by atoms with E-state index in [0.717, 1.165) is 22.6 Å². The first kappa shape index (κ1) is 9.57.